The highest BCUT2D eigenvalue weighted by molar-refractivity contribution is 5.69. The Morgan fingerprint density at radius 1 is 1.26 bits per heavy atom. The third-order valence-corrected chi connectivity index (χ3v) is 5.24. The van der Waals surface area contributed by atoms with Crippen molar-refractivity contribution < 1.29 is 5.11 Å². The Balaban J connectivity index is 1.63. The lowest BCUT2D eigenvalue weighted by atomic mass is 9.83. The maximum absolute atomic E-state index is 11.0. The van der Waals surface area contributed by atoms with Gasteiger partial charge in [-0.15, -0.1) is 0 Å². The molecule has 3 aromatic rings. The number of hydrogen-bond acceptors (Lipinski definition) is 3. The molecular formula is C18H18N4O. The third kappa shape index (κ3) is 1.71. The van der Waals surface area contributed by atoms with Crippen LogP contribution in [0.4, 0.5) is 0 Å². The summed E-state index contributed by atoms with van der Waals surface area (Å²) >= 11 is 0. The molecular weight excluding hydrogens is 288 g/mol. The predicted octanol–water partition coefficient (Wildman–Crippen LogP) is 2.71. The van der Waals surface area contributed by atoms with E-state index in [0.717, 1.165) is 30.0 Å². The fourth-order valence-electron chi connectivity index (χ4n) is 4.27. The number of aromatic nitrogens is 4. The number of aliphatic hydroxyl groups excluding tert-OH is 1. The van der Waals surface area contributed by atoms with Crippen molar-refractivity contribution in [2.24, 2.45) is 5.92 Å². The summed E-state index contributed by atoms with van der Waals surface area (Å²) < 4.78 is 4.17. The highest BCUT2D eigenvalue weighted by Crippen LogP contribution is 2.48. The number of benzene rings is 1. The van der Waals surface area contributed by atoms with E-state index in [1.165, 1.54) is 11.1 Å². The lowest BCUT2D eigenvalue weighted by molar-refractivity contribution is 0.0525. The van der Waals surface area contributed by atoms with Gasteiger partial charge in [-0.2, -0.15) is 5.10 Å². The Morgan fingerprint density at radius 3 is 3.04 bits per heavy atom. The number of aryl methyl sites for hydroxylation is 2. The second kappa shape index (κ2) is 4.55. The zero-order chi connectivity index (χ0) is 15.6. The van der Waals surface area contributed by atoms with E-state index in [1.807, 2.05) is 30.2 Å². The van der Waals surface area contributed by atoms with Crippen molar-refractivity contribution >= 4 is 0 Å². The number of aliphatic hydroxyl groups is 1. The van der Waals surface area contributed by atoms with Crippen LogP contribution in [-0.4, -0.2) is 24.4 Å². The van der Waals surface area contributed by atoms with Crippen LogP contribution in [0.5, 0.6) is 0 Å². The largest absolute Gasteiger partial charge is 0.386 e. The fourth-order valence-corrected chi connectivity index (χ4v) is 4.27. The van der Waals surface area contributed by atoms with E-state index in [2.05, 4.69) is 38.9 Å². The number of fused-ring (bicyclic) bond motifs is 4. The molecule has 0 unspecified atom stereocenters. The van der Waals surface area contributed by atoms with Crippen molar-refractivity contribution in [1.29, 1.82) is 0 Å². The monoisotopic (exact) mass is 306 g/mol. The van der Waals surface area contributed by atoms with E-state index in [9.17, 15) is 5.11 Å². The van der Waals surface area contributed by atoms with E-state index in [1.54, 1.807) is 0 Å². The van der Waals surface area contributed by atoms with Gasteiger partial charge in [-0.05, 0) is 25.0 Å². The summed E-state index contributed by atoms with van der Waals surface area (Å²) in [6, 6.07) is 10.6. The molecule has 0 spiro atoms. The van der Waals surface area contributed by atoms with Crippen molar-refractivity contribution in [2.75, 3.05) is 0 Å². The van der Waals surface area contributed by atoms with Gasteiger partial charge < -0.3 is 9.67 Å². The second-order valence-corrected chi connectivity index (χ2v) is 6.55. The maximum atomic E-state index is 11.0. The standard InChI is InChI=1S/C18H18N4O/c1-11-8-15-18(23)14(6-7-22(15)20-11)17-13-5-3-2-4-12(13)16-9-19-10-21(16)17/h2-5,8-10,14,17-18,23H,6-7H2,1H3/t14-,17+,18-/m1/s1. The second-order valence-electron chi connectivity index (χ2n) is 6.55. The Kier molecular flexibility index (Phi) is 2.59. The Bertz CT molecular complexity index is 894. The van der Waals surface area contributed by atoms with Crippen LogP contribution in [-0.2, 0) is 6.54 Å². The first-order valence-electron chi connectivity index (χ1n) is 8.07. The number of rotatable bonds is 1. The van der Waals surface area contributed by atoms with Gasteiger partial charge in [0, 0.05) is 18.0 Å². The van der Waals surface area contributed by atoms with Crippen LogP contribution in [0.1, 0.15) is 35.5 Å². The molecule has 4 heterocycles. The molecule has 0 amide bonds. The minimum atomic E-state index is -0.503. The van der Waals surface area contributed by atoms with Gasteiger partial charge in [-0.1, -0.05) is 24.3 Å². The van der Waals surface area contributed by atoms with Gasteiger partial charge in [0.15, 0.2) is 0 Å². The first-order valence-corrected chi connectivity index (χ1v) is 8.07. The normalized spacial score (nSPS) is 25.0. The molecule has 116 valence electrons. The third-order valence-electron chi connectivity index (χ3n) is 5.24. The van der Waals surface area contributed by atoms with Crippen LogP contribution in [0.2, 0.25) is 0 Å². The molecule has 0 saturated heterocycles. The van der Waals surface area contributed by atoms with Crippen LogP contribution < -0.4 is 0 Å². The van der Waals surface area contributed by atoms with Crippen LogP contribution in [0.25, 0.3) is 11.3 Å². The Labute approximate surface area is 134 Å². The highest BCUT2D eigenvalue weighted by atomic mass is 16.3. The first-order chi connectivity index (χ1) is 11.2. The van der Waals surface area contributed by atoms with E-state index in [4.69, 9.17) is 0 Å². The molecule has 23 heavy (non-hydrogen) atoms. The number of imidazole rings is 1. The van der Waals surface area contributed by atoms with Gasteiger partial charge in [0.25, 0.3) is 0 Å². The van der Waals surface area contributed by atoms with Crippen molar-refractivity contribution in [1.82, 2.24) is 19.3 Å². The maximum Gasteiger partial charge on any atom is 0.101 e. The van der Waals surface area contributed by atoms with E-state index in [0.29, 0.717) is 0 Å². The van der Waals surface area contributed by atoms with Crippen molar-refractivity contribution in [2.45, 2.75) is 32.0 Å². The van der Waals surface area contributed by atoms with E-state index >= 15 is 0 Å². The molecule has 3 atom stereocenters. The molecule has 0 fully saturated rings. The Morgan fingerprint density at radius 2 is 2.13 bits per heavy atom. The van der Waals surface area contributed by atoms with Crippen molar-refractivity contribution in [3.05, 3.63) is 59.8 Å². The average molecular weight is 306 g/mol. The molecule has 0 saturated carbocycles. The fraction of sp³-hybridized carbons (Fsp3) is 0.333. The molecule has 2 aromatic heterocycles. The molecule has 5 rings (SSSR count). The van der Waals surface area contributed by atoms with Gasteiger partial charge in [0.05, 0.1) is 35.6 Å². The lowest BCUT2D eigenvalue weighted by Crippen LogP contribution is -2.31. The highest BCUT2D eigenvalue weighted by Gasteiger charge is 2.40. The SMILES string of the molecule is Cc1cc2n(n1)CC[C@H]([C@@H]1c3ccccc3-c3cncn31)[C@H]2O. The summed E-state index contributed by atoms with van der Waals surface area (Å²) in [4.78, 5) is 4.32. The van der Waals surface area contributed by atoms with E-state index in [-0.39, 0.29) is 12.0 Å². The summed E-state index contributed by atoms with van der Waals surface area (Å²) in [6.45, 7) is 2.83. The number of nitrogens with zero attached hydrogens (tertiary/aromatic N) is 4. The minimum absolute atomic E-state index is 0.134. The summed E-state index contributed by atoms with van der Waals surface area (Å²) in [5, 5.41) is 15.5. The average Bonchev–Trinajstić information content (AvgIpc) is 3.22. The van der Waals surface area contributed by atoms with Crippen molar-refractivity contribution in [3.8, 4) is 11.3 Å². The summed E-state index contributed by atoms with van der Waals surface area (Å²) in [5.74, 6) is 0.134. The van der Waals surface area contributed by atoms with Crippen LogP contribution >= 0.6 is 0 Å². The van der Waals surface area contributed by atoms with Crippen LogP contribution in [0.3, 0.4) is 0 Å². The van der Waals surface area contributed by atoms with Gasteiger partial charge in [-0.3, -0.25) is 4.68 Å². The first kappa shape index (κ1) is 13.1. The Hall–Kier alpha value is -2.40. The predicted molar refractivity (Wildman–Crippen MR) is 85.8 cm³/mol. The van der Waals surface area contributed by atoms with E-state index < -0.39 is 6.10 Å². The zero-order valence-corrected chi connectivity index (χ0v) is 12.9. The smallest absolute Gasteiger partial charge is 0.101 e. The molecule has 1 N–H and O–H groups in total. The molecule has 2 aliphatic heterocycles. The molecule has 5 heteroatoms. The lowest BCUT2D eigenvalue weighted by Gasteiger charge is -2.34. The zero-order valence-electron chi connectivity index (χ0n) is 12.9. The molecule has 5 nitrogen and oxygen atoms in total. The molecule has 0 bridgehead atoms. The molecule has 2 aliphatic rings. The van der Waals surface area contributed by atoms with Crippen LogP contribution in [0, 0.1) is 12.8 Å². The summed E-state index contributed by atoms with van der Waals surface area (Å²) in [5.41, 5.74) is 5.57. The summed E-state index contributed by atoms with van der Waals surface area (Å²) in [6.07, 6.45) is 4.22. The quantitative estimate of drug-likeness (QED) is 0.752. The van der Waals surface area contributed by atoms with Crippen LogP contribution in [0.15, 0.2) is 42.9 Å². The minimum Gasteiger partial charge on any atom is -0.386 e. The molecule has 1 aromatic carbocycles. The van der Waals surface area contributed by atoms with Gasteiger partial charge in [-0.25, -0.2) is 4.98 Å². The molecule has 0 aliphatic carbocycles. The summed E-state index contributed by atoms with van der Waals surface area (Å²) in [7, 11) is 0. The van der Waals surface area contributed by atoms with Gasteiger partial charge >= 0.3 is 0 Å². The number of hydrogen-bond donors (Lipinski definition) is 1. The van der Waals surface area contributed by atoms with Gasteiger partial charge in [0.2, 0.25) is 0 Å². The van der Waals surface area contributed by atoms with Crippen molar-refractivity contribution in [3.63, 3.8) is 0 Å². The molecule has 0 radical (unpaired) electrons. The van der Waals surface area contributed by atoms with Gasteiger partial charge in [0.1, 0.15) is 6.10 Å². The topological polar surface area (TPSA) is 55.9 Å².